The Kier molecular flexibility index (Phi) is 4.07. The standard InChI is InChI=1S/C14H16N4O2S2/c1-21-14-17-12-4-2-3-11(12)13(18-14)16-9-5-7-10(8-6-9)22(15,19)20/h5-8H,2-4H2,1H3,(H2,15,19,20)(H,16,17,18). The third kappa shape index (κ3) is 3.08. The number of thioether (sulfide) groups is 1. The van der Waals surface area contributed by atoms with Gasteiger partial charge in [-0.3, -0.25) is 0 Å². The van der Waals surface area contributed by atoms with Crippen LogP contribution in [0.15, 0.2) is 34.3 Å². The molecule has 0 fully saturated rings. The fraction of sp³-hybridized carbons (Fsp3) is 0.286. The monoisotopic (exact) mass is 336 g/mol. The predicted octanol–water partition coefficient (Wildman–Crippen LogP) is 2.08. The lowest BCUT2D eigenvalue weighted by atomic mass is 10.2. The molecule has 2 aromatic rings. The van der Waals surface area contributed by atoms with Crippen molar-refractivity contribution in [2.24, 2.45) is 5.14 Å². The summed E-state index contributed by atoms with van der Waals surface area (Å²) in [5, 5.41) is 9.10. The SMILES string of the molecule is CSc1nc2c(c(Nc3ccc(S(N)(=O)=O)cc3)n1)CCC2. The predicted molar refractivity (Wildman–Crippen MR) is 86.9 cm³/mol. The summed E-state index contributed by atoms with van der Waals surface area (Å²) in [6, 6.07) is 6.33. The van der Waals surface area contributed by atoms with Gasteiger partial charge in [-0.15, -0.1) is 0 Å². The number of fused-ring (bicyclic) bond motifs is 1. The molecule has 1 aromatic carbocycles. The van der Waals surface area contributed by atoms with Gasteiger partial charge >= 0.3 is 0 Å². The van der Waals surface area contributed by atoms with Crippen molar-refractivity contribution in [1.82, 2.24) is 9.97 Å². The molecule has 8 heteroatoms. The molecular formula is C14H16N4O2S2. The Bertz CT molecular complexity index is 804. The Morgan fingerprint density at radius 1 is 1.18 bits per heavy atom. The van der Waals surface area contributed by atoms with Crippen LogP contribution in [-0.4, -0.2) is 24.6 Å². The van der Waals surface area contributed by atoms with Crippen LogP contribution in [0.2, 0.25) is 0 Å². The van der Waals surface area contributed by atoms with Gasteiger partial charge in [-0.05, 0) is 49.8 Å². The van der Waals surface area contributed by atoms with Crippen molar-refractivity contribution in [3.8, 4) is 0 Å². The van der Waals surface area contributed by atoms with Crippen LogP contribution in [0.3, 0.4) is 0 Å². The van der Waals surface area contributed by atoms with E-state index in [4.69, 9.17) is 5.14 Å². The molecule has 116 valence electrons. The van der Waals surface area contributed by atoms with Gasteiger partial charge in [0.2, 0.25) is 10.0 Å². The summed E-state index contributed by atoms with van der Waals surface area (Å²) in [6.45, 7) is 0. The maximum absolute atomic E-state index is 11.3. The first-order valence-corrected chi connectivity index (χ1v) is 9.58. The maximum Gasteiger partial charge on any atom is 0.238 e. The zero-order valence-electron chi connectivity index (χ0n) is 12.0. The highest BCUT2D eigenvalue weighted by molar-refractivity contribution is 7.98. The molecule has 0 saturated heterocycles. The second-order valence-corrected chi connectivity index (χ2v) is 7.37. The van der Waals surface area contributed by atoms with Crippen molar-refractivity contribution in [1.29, 1.82) is 0 Å². The van der Waals surface area contributed by atoms with E-state index in [1.165, 1.54) is 23.9 Å². The summed E-state index contributed by atoms with van der Waals surface area (Å²) in [5.41, 5.74) is 3.02. The number of nitrogens with zero attached hydrogens (tertiary/aromatic N) is 2. The zero-order chi connectivity index (χ0) is 15.7. The zero-order valence-corrected chi connectivity index (χ0v) is 13.7. The van der Waals surface area contributed by atoms with Crippen molar-refractivity contribution < 1.29 is 8.42 Å². The van der Waals surface area contributed by atoms with Gasteiger partial charge in [0, 0.05) is 11.3 Å². The van der Waals surface area contributed by atoms with Gasteiger partial charge in [0.15, 0.2) is 5.16 Å². The lowest BCUT2D eigenvalue weighted by molar-refractivity contribution is 0.598. The van der Waals surface area contributed by atoms with Gasteiger partial charge in [-0.1, -0.05) is 11.8 Å². The van der Waals surface area contributed by atoms with E-state index < -0.39 is 10.0 Å². The highest BCUT2D eigenvalue weighted by Crippen LogP contribution is 2.30. The first-order valence-electron chi connectivity index (χ1n) is 6.81. The number of aryl methyl sites for hydroxylation is 1. The molecule has 1 aromatic heterocycles. The number of primary sulfonamides is 1. The Hall–Kier alpha value is -1.64. The maximum atomic E-state index is 11.3. The highest BCUT2D eigenvalue weighted by Gasteiger charge is 2.19. The number of nitrogens with one attached hydrogen (secondary N) is 1. The van der Waals surface area contributed by atoms with Crippen molar-refractivity contribution in [3.63, 3.8) is 0 Å². The van der Waals surface area contributed by atoms with Crippen LogP contribution >= 0.6 is 11.8 Å². The van der Waals surface area contributed by atoms with Crippen LogP contribution in [0.4, 0.5) is 11.5 Å². The lowest BCUT2D eigenvalue weighted by Gasteiger charge is -2.11. The lowest BCUT2D eigenvalue weighted by Crippen LogP contribution is -2.11. The van der Waals surface area contributed by atoms with Crippen LogP contribution in [-0.2, 0) is 22.9 Å². The molecule has 3 N–H and O–H groups in total. The summed E-state index contributed by atoms with van der Waals surface area (Å²) in [5.74, 6) is 0.801. The van der Waals surface area contributed by atoms with E-state index in [0.717, 1.165) is 47.2 Å². The van der Waals surface area contributed by atoms with Crippen LogP contribution in [0.1, 0.15) is 17.7 Å². The summed E-state index contributed by atoms with van der Waals surface area (Å²) in [4.78, 5) is 9.16. The largest absolute Gasteiger partial charge is 0.340 e. The molecule has 22 heavy (non-hydrogen) atoms. The van der Waals surface area contributed by atoms with Crippen LogP contribution in [0.25, 0.3) is 0 Å². The van der Waals surface area contributed by atoms with E-state index in [2.05, 4.69) is 15.3 Å². The van der Waals surface area contributed by atoms with E-state index in [0.29, 0.717) is 0 Å². The number of anilines is 2. The van der Waals surface area contributed by atoms with E-state index >= 15 is 0 Å². The molecule has 0 amide bonds. The average Bonchev–Trinajstić information content (AvgIpc) is 2.95. The minimum Gasteiger partial charge on any atom is -0.340 e. The van der Waals surface area contributed by atoms with Gasteiger partial charge in [-0.25, -0.2) is 23.5 Å². The Labute approximate surface area is 133 Å². The molecule has 0 radical (unpaired) electrons. The molecule has 0 aliphatic heterocycles. The van der Waals surface area contributed by atoms with Crippen molar-refractivity contribution in [2.45, 2.75) is 29.3 Å². The number of benzene rings is 1. The molecule has 1 aliphatic rings. The third-order valence-electron chi connectivity index (χ3n) is 3.54. The van der Waals surface area contributed by atoms with Crippen molar-refractivity contribution in [2.75, 3.05) is 11.6 Å². The number of sulfonamides is 1. The van der Waals surface area contributed by atoms with Gasteiger partial charge in [-0.2, -0.15) is 0 Å². The topological polar surface area (TPSA) is 98.0 Å². The van der Waals surface area contributed by atoms with Gasteiger partial charge in [0.25, 0.3) is 0 Å². The van der Waals surface area contributed by atoms with Crippen molar-refractivity contribution >= 4 is 33.3 Å². The van der Waals surface area contributed by atoms with E-state index in [1.807, 2.05) is 6.26 Å². The number of aromatic nitrogens is 2. The summed E-state index contributed by atoms with van der Waals surface area (Å²) >= 11 is 1.51. The molecule has 0 unspecified atom stereocenters. The van der Waals surface area contributed by atoms with Crippen molar-refractivity contribution in [3.05, 3.63) is 35.5 Å². The first kappa shape index (κ1) is 15.3. The molecule has 6 nitrogen and oxygen atoms in total. The van der Waals surface area contributed by atoms with Gasteiger partial charge in [0.05, 0.1) is 10.6 Å². The van der Waals surface area contributed by atoms with Gasteiger partial charge in [0.1, 0.15) is 5.82 Å². The van der Waals surface area contributed by atoms with Gasteiger partial charge < -0.3 is 5.32 Å². The first-order chi connectivity index (χ1) is 10.5. The number of hydrogen-bond acceptors (Lipinski definition) is 6. The second-order valence-electron chi connectivity index (χ2n) is 5.03. The molecule has 0 bridgehead atoms. The Balaban J connectivity index is 1.92. The molecule has 1 heterocycles. The molecule has 1 aliphatic carbocycles. The summed E-state index contributed by atoms with van der Waals surface area (Å²) in [6.07, 6.45) is 4.97. The summed E-state index contributed by atoms with van der Waals surface area (Å²) < 4.78 is 22.5. The average molecular weight is 336 g/mol. The molecule has 0 spiro atoms. The second kappa shape index (κ2) is 5.86. The minimum atomic E-state index is -3.67. The fourth-order valence-electron chi connectivity index (χ4n) is 2.47. The number of rotatable bonds is 4. The molecular weight excluding hydrogens is 320 g/mol. The van der Waals surface area contributed by atoms with E-state index in [9.17, 15) is 8.42 Å². The fourth-order valence-corrected chi connectivity index (χ4v) is 3.37. The normalized spacial score (nSPS) is 13.9. The third-order valence-corrected chi connectivity index (χ3v) is 5.02. The van der Waals surface area contributed by atoms with Crippen LogP contribution in [0.5, 0.6) is 0 Å². The van der Waals surface area contributed by atoms with Crippen LogP contribution in [0, 0.1) is 0 Å². The Morgan fingerprint density at radius 3 is 2.55 bits per heavy atom. The van der Waals surface area contributed by atoms with Crippen LogP contribution < -0.4 is 10.5 Å². The quantitative estimate of drug-likeness (QED) is 0.655. The number of nitrogens with two attached hydrogens (primary N) is 1. The summed E-state index contributed by atoms with van der Waals surface area (Å²) in [7, 11) is -3.67. The minimum absolute atomic E-state index is 0.0933. The highest BCUT2D eigenvalue weighted by atomic mass is 32.2. The van der Waals surface area contributed by atoms with E-state index in [-0.39, 0.29) is 4.90 Å². The smallest absolute Gasteiger partial charge is 0.238 e. The molecule has 0 atom stereocenters. The van der Waals surface area contributed by atoms with E-state index in [1.54, 1.807) is 12.1 Å². The molecule has 3 rings (SSSR count). The molecule has 0 saturated carbocycles. The number of hydrogen-bond donors (Lipinski definition) is 2. The Morgan fingerprint density at radius 2 is 1.91 bits per heavy atom.